The second-order valence-electron chi connectivity index (χ2n) is 9.07. The van der Waals surface area contributed by atoms with Crippen LogP contribution < -0.4 is 16.1 Å². The predicted molar refractivity (Wildman–Crippen MR) is 144 cm³/mol. The lowest BCUT2D eigenvalue weighted by Crippen LogP contribution is -2.36. The average molecular weight is 503 g/mol. The lowest BCUT2D eigenvalue weighted by atomic mass is 10.1. The highest BCUT2D eigenvalue weighted by molar-refractivity contribution is 6.42. The van der Waals surface area contributed by atoms with Crippen LogP contribution in [-0.4, -0.2) is 22.4 Å². The molecule has 0 atom stereocenters. The maximum atomic E-state index is 13.3. The first kappa shape index (κ1) is 25.0. The van der Waals surface area contributed by atoms with Gasteiger partial charge in [0.25, 0.3) is 5.91 Å². The van der Waals surface area contributed by atoms with Crippen LogP contribution in [0.3, 0.4) is 0 Å². The first-order valence-electron chi connectivity index (χ1n) is 11.4. The van der Waals surface area contributed by atoms with Crippen molar-refractivity contribution >= 4 is 51.6 Å². The van der Waals surface area contributed by atoms with Crippen molar-refractivity contribution in [1.29, 1.82) is 0 Å². The molecule has 8 heteroatoms. The predicted octanol–water partition coefficient (Wildman–Crippen LogP) is 5.80. The van der Waals surface area contributed by atoms with Gasteiger partial charge in [0.1, 0.15) is 5.69 Å². The Morgan fingerprint density at radius 3 is 1.97 bits per heavy atom. The van der Waals surface area contributed by atoms with E-state index in [2.05, 4.69) is 16.1 Å². The number of anilines is 2. The molecule has 0 bridgehead atoms. The van der Waals surface area contributed by atoms with E-state index < -0.39 is 17.7 Å². The molecule has 0 unspecified atom stereocenters. The van der Waals surface area contributed by atoms with E-state index in [1.165, 1.54) is 4.68 Å². The second kappa shape index (κ2) is 9.87. The summed E-state index contributed by atoms with van der Waals surface area (Å²) in [7, 11) is 0. The number of benzene rings is 3. The van der Waals surface area contributed by atoms with E-state index in [1.54, 1.807) is 24.3 Å². The monoisotopic (exact) mass is 502 g/mol. The highest BCUT2D eigenvalue weighted by atomic mass is 35.5. The van der Waals surface area contributed by atoms with Crippen molar-refractivity contribution in [3.63, 3.8) is 0 Å². The normalized spacial score (nSPS) is 10.8. The van der Waals surface area contributed by atoms with Gasteiger partial charge in [0, 0.05) is 21.8 Å². The summed E-state index contributed by atoms with van der Waals surface area (Å²) in [6.45, 7) is 9.58. The van der Waals surface area contributed by atoms with Crippen molar-refractivity contribution in [1.82, 2.24) is 4.68 Å². The number of hydrogen-bond donors (Lipinski definition) is 3. The number of rotatable bonds is 4. The zero-order valence-electron chi connectivity index (χ0n) is 20.7. The molecule has 36 heavy (non-hydrogen) atoms. The zero-order valence-corrected chi connectivity index (χ0v) is 21.5. The van der Waals surface area contributed by atoms with Crippen LogP contribution in [0.5, 0.6) is 0 Å². The molecule has 4 rings (SSSR count). The van der Waals surface area contributed by atoms with Gasteiger partial charge in [0.05, 0.1) is 5.52 Å². The zero-order chi connectivity index (χ0) is 26.1. The molecule has 0 fully saturated rings. The van der Waals surface area contributed by atoms with E-state index in [9.17, 15) is 14.4 Å². The van der Waals surface area contributed by atoms with Gasteiger partial charge in [-0.05, 0) is 93.3 Å². The summed E-state index contributed by atoms with van der Waals surface area (Å²) in [6.07, 6.45) is 0. The van der Waals surface area contributed by atoms with Crippen LogP contribution in [0.2, 0.25) is 5.02 Å². The van der Waals surface area contributed by atoms with E-state index in [1.807, 2.05) is 65.0 Å². The third-order valence-corrected chi connectivity index (χ3v) is 6.05. The highest BCUT2D eigenvalue weighted by Gasteiger charge is 2.22. The first-order valence-corrected chi connectivity index (χ1v) is 11.8. The summed E-state index contributed by atoms with van der Waals surface area (Å²) in [5.74, 6) is -2.21. The number of amides is 3. The van der Waals surface area contributed by atoms with Gasteiger partial charge in [-0.1, -0.05) is 35.4 Å². The molecule has 0 aliphatic carbocycles. The van der Waals surface area contributed by atoms with Crippen LogP contribution in [0, 0.1) is 34.6 Å². The molecule has 1 heterocycles. The van der Waals surface area contributed by atoms with Gasteiger partial charge in [-0.15, -0.1) is 0 Å². The van der Waals surface area contributed by atoms with E-state index in [0.717, 1.165) is 27.8 Å². The molecule has 184 valence electrons. The lowest BCUT2D eigenvalue weighted by molar-refractivity contribution is -0.133. The summed E-state index contributed by atoms with van der Waals surface area (Å²) in [6, 6.07) is 16.2. The molecule has 3 aromatic carbocycles. The minimum absolute atomic E-state index is 0.148. The molecule has 0 saturated carbocycles. The molecule has 0 saturated heterocycles. The fraction of sp³-hybridized carbons (Fsp3) is 0.179. The fourth-order valence-electron chi connectivity index (χ4n) is 4.42. The van der Waals surface area contributed by atoms with E-state index in [-0.39, 0.29) is 5.69 Å². The van der Waals surface area contributed by atoms with Crippen molar-refractivity contribution < 1.29 is 14.4 Å². The van der Waals surface area contributed by atoms with Crippen LogP contribution >= 0.6 is 11.6 Å². The maximum absolute atomic E-state index is 13.3. The third-order valence-electron chi connectivity index (χ3n) is 5.81. The minimum Gasteiger partial charge on any atom is -0.321 e. The Morgan fingerprint density at radius 2 is 1.33 bits per heavy atom. The third kappa shape index (κ3) is 5.26. The van der Waals surface area contributed by atoms with Gasteiger partial charge >= 0.3 is 11.8 Å². The van der Waals surface area contributed by atoms with Crippen molar-refractivity contribution in [2.75, 3.05) is 16.1 Å². The summed E-state index contributed by atoms with van der Waals surface area (Å²) < 4.78 is 1.31. The number of aryl methyl sites for hydroxylation is 5. The van der Waals surface area contributed by atoms with Gasteiger partial charge in [0.15, 0.2) is 0 Å². The topological polar surface area (TPSA) is 92.2 Å². The number of hydrogen-bond acceptors (Lipinski definition) is 3. The Kier molecular flexibility index (Phi) is 6.86. The van der Waals surface area contributed by atoms with Crippen molar-refractivity contribution in [2.45, 2.75) is 34.6 Å². The van der Waals surface area contributed by atoms with E-state index >= 15 is 0 Å². The largest absolute Gasteiger partial charge is 0.328 e. The van der Waals surface area contributed by atoms with Gasteiger partial charge in [-0.2, -0.15) is 0 Å². The number of fused-ring (bicyclic) bond motifs is 1. The Balaban J connectivity index is 1.65. The van der Waals surface area contributed by atoms with Gasteiger partial charge in [0.2, 0.25) is 0 Å². The van der Waals surface area contributed by atoms with Crippen LogP contribution in [-0.2, 0) is 9.59 Å². The molecule has 0 aliphatic rings. The van der Waals surface area contributed by atoms with Gasteiger partial charge < -0.3 is 10.6 Å². The highest BCUT2D eigenvalue weighted by Crippen LogP contribution is 2.25. The van der Waals surface area contributed by atoms with Crippen molar-refractivity contribution in [2.24, 2.45) is 0 Å². The van der Waals surface area contributed by atoms with Crippen molar-refractivity contribution in [3.05, 3.63) is 93.1 Å². The van der Waals surface area contributed by atoms with Gasteiger partial charge in [-0.3, -0.25) is 19.8 Å². The van der Waals surface area contributed by atoms with Gasteiger partial charge in [-0.25, -0.2) is 4.68 Å². The fourth-order valence-corrected chi connectivity index (χ4v) is 4.60. The average Bonchev–Trinajstić information content (AvgIpc) is 3.12. The summed E-state index contributed by atoms with van der Waals surface area (Å²) in [5, 5.41) is 6.68. The molecular weight excluding hydrogens is 476 g/mol. The quantitative estimate of drug-likeness (QED) is 0.308. The molecule has 4 aromatic rings. The first-order chi connectivity index (χ1) is 17.0. The molecule has 3 amide bonds. The SMILES string of the molecule is Cc1cc(C)cc(NC(=O)c2cc3cc(Cl)ccc3n2NC(=O)C(=O)Nc2c(C)cc(C)cc2C)c1. The van der Waals surface area contributed by atoms with Crippen molar-refractivity contribution in [3.8, 4) is 0 Å². The number of aromatic nitrogens is 1. The molecular formula is C28H27ClN4O3. The summed E-state index contributed by atoms with van der Waals surface area (Å²) >= 11 is 6.15. The van der Waals surface area contributed by atoms with E-state index in [4.69, 9.17) is 11.6 Å². The minimum atomic E-state index is -0.915. The molecule has 3 N–H and O–H groups in total. The molecule has 0 aliphatic heterocycles. The Hall–Kier alpha value is -4.10. The van der Waals surface area contributed by atoms with Crippen LogP contribution in [0.15, 0.2) is 54.6 Å². The smallest absolute Gasteiger partial charge is 0.321 e. The number of nitrogens with one attached hydrogen (secondary N) is 3. The summed E-state index contributed by atoms with van der Waals surface area (Å²) in [4.78, 5) is 39.0. The number of carbonyl (C=O) groups excluding carboxylic acids is 3. The summed E-state index contributed by atoms with van der Waals surface area (Å²) in [5.41, 5.74) is 9.22. The van der Waals surface area contributed by atoms with Crippen LogP contribution in [0.25, 0.3) is 10.9 Å². The Bertz CT molecular complexity index is 1490. The Morgan fingerprint density at radius 1 is 0.722 bits per heavy atom. The molecule has 0 radical (unpaired) electrons. The molecule has 0 spiro atoms. The molecule has 1 aromatic heterocycles. The maximum Gasteiger partial charge on any atom is 0.328 e. The van der Waals surface area contributed by atoms with Crippen LogP contribution in [0.1, 0.15) is 38.3 Å². The Labute approximate surface area is 214 Å². The molecule has 7 nitrogen and oxygen atoms in total. The van der Waals surface area contributed by atoms with E-state index in [0.29, 0.717) is 27.3 Å². The lowest BCUT2D eigenvalue weighted by Gasteiger charge is -2.15. The number of nitrogens with zero attached hydrogens (tertiary/aromatic N) is 1. The standard InChI is InChI=1S/C28H27ClN4O3/c1-15-8-16(2)12-22(11-15)30-26(34)24-14-20-13-21(29)6-7-23(20)33(24)32-28(36)27(35)31-25-18(4)9-17(3)10-19(25)5/h6-14H,1-5H3,(H,30,34)(H,31,35)(H,32,36). The van der Waals surface area contributed by atoms with Crippen LogP contribution in [0.4, 0.5) is 11.4 Å². The second-order valence-corrected chi connectivity index (χ2v) is 9.50. The number of carbonyl (C=O) groups is 3. The number of halogens is 1.